The van der Waals surface area contributed by atoms with Crippen LogP contribution in [0.1, 0.15) is 0 Å². The number of aryl methyl sites for hydroxylation is 1. The van der Waals surface area contributed by atoms with Crippen LogP contribution in [-0.4, -0.2) is 27.8 Å². The Bertz CT molecular complexity index is 1300. The monoisotopic (exact) mass is 427 g/mol. The summed E-state index contributed by atoms with van der Waals surface area (Å²) in [7, 11) is 5.36. The van der Waals surface area contributed by atoms with Crippen LogP contribution in [0, 0.1) is 0 Å². The molecule has 0 unspecified atom stereocenters. The lowest BCUT2D eigenvalue weighted by Gasteiger charge is -2.07. The molecule has 30 heavy (non-hydrogen) atoms. The van der Waals surface area contributed by atoms with Crippen molar-refractivity contribution in [2.24, 2.45) is 7.05 Å². The first-order valence-electron chi connectivity index (χ1n) is 9.23. The van der Waals surface area contributed by atoms with E-state index in [0.29, 0.717) is 17.2 Å². The maximum Gasteiger partial charge on any atom is 0.231 e. The number of benzene rings is 2. The fourth-order valence-corrected chi connectivity index (χ4v) is 4.34. The molecule has 6 rings (SSSR count). The molecule has 0 amide bonds. The van der Waals surface area contributed by atoms with Gasteiger partial charge in [0.2, 0.25) is 24.8 Å². The standard InChI is InChI=1S/C22H18NO6.ClH/c1-23-14-7-18-19(29-10-28-18)8-20(25-3)21(14)13-6-15(24-2)11-4-16-17(27-9-26-16)5-12(11)22(13)23;/h4-8H,9-10H2,1-3H3;1H/q+1;/p-1. The smallest absolute Gasteiger partial charge is 0.231 e. The molecular formula is C22H18ClNO6. The molecule has 0 saturated heterocycles. The topological polar surface area (TPSA) is 59.3 Å². The van der Waals surface area contributed by atoms with Crippen LogP contribution in [0.2, 0.25) is 0 Å². The zero-order chi connectivity index (χ0) is 19.7. The van der Waals surface area contributed by atoms with Crippen LogP contribution < -0.4 is 45.4 Å². The zero-order valence-corrected chi connectivity index (χ0v) is 17.3. The first kappa shape index (κ1) is 18.7. The third kappa shape index (κ3) is 2.35. The third-order valence-electron chi connectivity index (χ3n) is 5.67. The molecule has 0 aromatic heterocycles. The number of hydrogen-bond acceptors (Lipinski definition) is 6. The summed E-state index contributed by atoms with van der Waals surface area (Å²) >= 11 is 0. The van der Waals surface area contributed by atoms with Crippen molar-refractivity contribution >= 4 is 21.7 Å². The van der Waals surface area contributed by atoms with Gasteiger partial charge in [-0.1, -0.05) is 0 Å². The maximum absolute atomic E-state index is 5.76. The van der Waals surface area contributed by atoms with Gasteiger partial charge < -0.3 is 40.8 Å². The Balaban J connectivity index is 0.00000193. The first-order chi connectivity index (χ1) is 14.2. The molecule has 4 aliphatic rings. The lowest BCUT2D eigenvalue weighted by atomic mass is 10.0. The summed E-state index contributed by atoms with van der Waals surface area (Å²) in [5.41, 5.74) is 2.98. The third-order valence-corrected chi connectivity index (χ3v) is 5.67. The summed E-state index contributed by atoms with van der Waals surface area (Å²) < 4.78 is 36.1. The molecule has 0 spiro atoms. The fraction of sp³-hybridized carbons (Fsp3) is 0.227. The van der Waals surface area contributed by atoms with E-state index in [1.807, 2.05) is 37.4 Å². The fourth-order valence-electron chi connectivity index (χ4n) is 4.34. The second-order valence-electron chi connectivity index (χ2n) is 7.04. The van der Waals surface area contributed by atoms with Crippen LogP contribution in [0.15, 0.2) is 30.3 Å². The second kappa shape index (κ2) is 6.60. The normalized spacial score (nSPS) is 13.7. The largest absolute Gasteiger partial charge is 1.00 e. The maximum atomic E-state index is 5.76. The Morgan fingerprint density at radius 3 is 1.90 bits per heavy atom. The molecule has 2 aromatic carbocycles. The first-order valence-corrected chi connectivity index (χ1v) is 9.23. The minimum Gasteiger partial charge on any atom is -1.00 e. The van der Waals surface area contributed by atoms with Gasteiger partial charge in [-0.3, -0.25) is 0 Å². The van der Waals surface area contributed by atoms with Crippen molar-refractivity contribution in [1.82, 2.24) is 0 Å². The van der Waals surface area contributed by atoms with Crippen LogP contribution >= 0.6 is 0 Å². The van der Waals surface area contributed by atoms with E-state index in [0.717, 1.165) is 50.2 Å². The molecule has 0 bridgehead atoms. The van der Waals surface area contributed by atoms with E-state index in [4.69, 9.17) is 28.4 Å². The number of rotatable bonds is 2. The highest BCUT2D eigenvalue weighted by Gasteiger charge is 2.33. The van der Waals surface area contributed by atoms with E-state index < -0.39 is 0 Å². The van der Waals surface area contributed by atoms with E-state index >= 15 is 0 Å². The Labute approximate surface area is 178 Å². The van der Waals surface area contributed by atoms with Gasteiger partial charge in [0.1, 0.15) is 24.1 Å². The van der Waals surface area contributed by atoms with E-state index in [-0.39, 0.29) is 26.0 Å². The summed E-state index contributed by atoms with van der Waals surface area (Å²) in [6.07, 6.45) is 0. The average molecular weight is 428 g/mol. The molecule has 154 valence electrons. The highest BCUT2D eigenvalue weighted by Crippen LogP contribution is 2.48. The molecule has 0 fully saturated rings. The van der Waals surface area contributed by atoms with E-state index in [9.17, 15) is 0 Å². The highest BCUT2D eigenvalue weighted by atomic mass is 35.5. The van der Waals surface area contributed by atoms with Crippen molar-refractivity contribution in [3.8, 4) is 45.8 Å². The zero-order valence-electron chi connectivity index (χ0n) is 16.6. The lowest BCUT2D eigenvalue weighted by molar-refractivity contribution is -0.630. The second-order valence-corrected chi connectivity index (χ2v) is 7.04. The number of methoxy groups -OCH3 is 2. The molecule has 3 aliphatic heterocycles. The van der Waals surface area contributed by atoms with Crippen molar-refractivity contribution in [2.75, 3.05) is 27.8 Å². The molecule has 0 N–H and O–H groups in total. The highest BCUT2D eigenvalue weighted by molar-refractivity contribution is 6.13. The van der Waals surface area contributed by atoms with Crippen LogP contribution in [0.5, 0.6) is 34.5 Å². The Kier molecular flexibility index (Phi) is 4.11. The van der Waals surface area contributed by atoms with E-state index in [1.165, 1.54) is 0 Å². The number of nitrogens with zero attached hydrogens (tertiary/aromatic N) is 1. The van der Waals surface area contributed by atoms with Gasteiger partial charge in [-0.15, -0.1) is 0 Å². The summed E-state index contributed by atoms with van der Waals surface area (Å²) in [6, 6.07) is 9.89. The van der Waals surface area contributed by atoms with Gasteiger partial charge in [0.05, 0.1) is 31.1 Å². The van der Waals surface area contributed by atoms with Crippen LogP contribution in [-0.2, 0) is 7.05 Å². The Morgan fingerprint density at radius 1 is 0.700 bits per heavy atom. The minimum atomic E-state index is 0. The van der Waals surface area contributed by atoms with Crippen molar-refractivity contribution in [1.29, 1.82) is 0 Å². The van der Waals surface area contributed by atoms with Gasteiger partial charge in [-0.05, 0) is 18.2 Å². The minimum absolute atomic E-state index is 0. The molecule has 8 heteroatoms. The van der Waals surface area contributed by atoms with Crippen molar-refractivity contribution in [3.63, 3.8) is 0 Å². The molecule has 0 saturated carbocycles. The summed E-state index contributed by atoms with van der Waals surface area (Å²) in [5.74, 6) is 4.28. The molecule has 0 atom stereocenters. The summed E-state index contributed by atoms with van der Waals surface area (Å²) in [4.78, 5) is 0. The van der Waals surface area contributed by atoms with Gasteiger partial charge in [-0.25, -0.2) is 0 Å². The predicted octanol–water partition coefficient (Wildman–Crippen LogP) is 0.401. The van der Waals surface area contributed by atoms with Gasteiger partial charge in [0.15, 0.2) is 23.0 Å². The number of aromatic nitrogens is 1. The lowest BCUT2D eigenvalue weighted by Crippen LogP contribution is -3.00. The molecule has 2 aromatic rings. The summed E-state index contributed by atoms with van der Waals surface area (Å²) in [5, 5.41) is 2.99. The van der Waals surface area contributed by atoms with Gasteiger partial charge in [-0.2, -0.15) is 4.57 Å². The molecule has 1 aliphatic carbocycles. The summed E-state index contributed by atoms with van der Waals surface area (Å²) in [6.45, 7) is 0.424. The van der Waals surface area contributed by atoms with Crippen LogP contribution in [0.3, 0.4) is 0 Å². The molecular weight excluding hydrogens is 410 g/mol. The SMILES string of the molecule is COc1cc2c(cc3[n+](C)c4c(cc(OC)c5cc6c(cc54)OCO6)c1-3)OCO2.[Cl-]. The number of halogens is 1. The quantitative estimate of drug-likeness (QED) is 0.432. The number of hydrogen-bond donors (Lipinski definition) is 0. The van der Waals surface area contributed by atoms with Gasteiger partial charge >= 0.3 is 0 Å². The van der Waals surface area contributed by atoms with E-state index in [2.05, 4.69) is 4.57 Å². The Morgan fingerprint density at radius 2 is 1.27 bits per heavy atom. The van der Waals surface area contributed by atoms with Crippen LogP contribution in [0.4, 0.5) is 0 Å². The van der Waals surface area contributed by atoms with E-state index in [1.54, 1.807) is 14.2 Å². The van der Waals surface area contributed by atoms with Gasteiger partial charge in [0, 0.05) is 11.5 Å². The molecule has 7 nitrogen and oxygen atoms in total. The van der Waals surface area contributed by atoms with Crippen molar-refractivity contribution in [2.45, 2.75) is 0 Å². The Hall–Kier alpha value is -3.32. The van der Waals surface area contributed by atoms with Crippen molar-refractivity contribution < 1.29 is 45.4 Å². The number of ether oxygens (including phenoxy) is 6. The molecule has 0 radical (unpaired) electrons. The predicted molar refractivity (Wildman–Crippen MR) is 105 cm³/mol. The molecule has 3 heterocycles. The average Bonchev–Trinajstić information content (AvgIpc) is 3.41. The van der Waals surface area contributed by atoms with Gasteiger partial charge in [0.25, 0.3) is 0 Å². The van der Waals surface area contributed by atoms with Crippen molar-refractivity contribution in [3.05, 3.63) is 30.3 Å². The number of fused-ring (bicyclic) bond motifs is 7. The van der Waals surface area contributed by atoms with Crippen LogP contribution in [0.25, 0.3) is 32.9 Å².